The minimum atomic E-state index is -0.285. The van der Waals surface area contributed by atoms with Crippen LogP contribution in [0.15, 0.2) is 48.7 Å². The summed E-state index contributed by atoms with van der Waals surface area (Å²) in [5, 5.41) is 10.9. The van der Waals surface area contributed by atoms with Crippen molar-refractivity contribution in [3.05, 3.63) is 64.9 Å². The fourth-order valence-corrected chi connectivity index (χ4v) is 2.09. The molecule has 4 nitrogen and oxygen atoms in total. The standard InChI is InChI=1S/C15H9ClN2O2/c16-12-7-6-10-14(20)11(8-17-15(10)18-12)13(19)9-4-2-1-3-5-9/h1-8H,(H,17,18,20). The van der Waals surface area contributed by atoms with E-state index >= 15 is 0 Å². The largest absolute Gasteiger partial charge is 0.506 e. The molecule has 3 aromatic rings. The number of halogens is 1. The Hall–Kier alpha value is -2.46. The van der Waals surface area contributed by atoms with Crippen LogP contribution in [0.3, 0.4) is 0 Å². The minimum Gasteiger partial charge on any atom is -0.506 e. The van der Waals surface area contributed by atoms with E-state index < -0.39 is 0 Å². The van der Waals surface area contributed by atoms with E-state index in [1.165, 1.54) is 6.20 Å². The molecule has 1 N–H and O–H groups in total. The first-order valence-corrected chi connectivity index (χ1v) is 6.28. The number of fused-ring (bicyclic) bond motifs is 1. The Kier molecular flexibility index (Phi) is 3.08. The second-order valence-electron chi connectivity index (χ2n) is 4.22. The maximum absolute atomic E-state index is 12.3. The van der Waals surface area contributed by atoms with E-state index in [1.807, 2.05) is 6.07 Å². The van der Waals surface area contributed by atoms with Gasteiger partial charge in [-0.25, -0.2) is 9.97 Å². The topological polar surface area (TPSA) is 63.1 Å². The predicted octanol–water partition coefficient (Wildman–Crippen LogP) is 3.22. The lowest BCUT2D eigenvalue weighted by Gasteiger charge is -2.06. The summed E-state index contributed by atoms with van der Waals surface area (Å²) in [4.78, 5) is 20.4. The maximum atomic E-state index is 12.3. The Labute approximate surface area is 119 Å². The molecule has 0 saturated carbocycles. The van der Waals surface area contributed by atoms with Crippen LogP contribution in [0.5, 0.6) is 5.75 Å². The highest BCUT2D eigenvalue weighted by atomic mass is 35.5. The molecule has 3 rings (SSSR count). The Balaban J connectivity index is 2.16. The van der Waals surface area contributed by atoms with Crippen molar-refractivity contribution in [2.45, 2.75) is 0 Å². The third kappa shape index (κ3) is 2.10. The number of hydrogen-bond acceptors (Lipinski definition) is 4. The Bertz CT molecular complexity index is 804. The number of nitrogens with zero attached hydrogens (tertiary/aromatic N) is 2. The van der Waals surface area contributed by atoms with Gasteiger partial charge in [0.25, 0.3) is 0 Å². The quantitative estimate of drug-likeness (QED) is 0.580. The number of carbonyl (C=O) groups excluding carboxylic acids is 1. The van der Waals surface area contributed by atoms with Gasteiger partial charge in [0.15, 0.2) is 11.4 Å². The van der Waals surface area contributed by atoms with E-state index in [0.717, 1.165) is 0 Å². The van der Waals surface area contributed by atoms with Crippen LogP contribution in [-0.4, -0.2) is 20.9 Å². The lowest BCUT2D eigenvalue weighted by atomic mass is 10.0. The monoisotopic (exact) mass is 284 g/mol. The van der Waals surface area contributed by atoms with E-state index in [-0.39, 0.29) is 22.2 Å². The Morgan fingerprint density at radius 3 is 2.60 bits per heavy atom. The maximum Gasteiger partial charge on any atom is 0.198 e. The highest BCUT2D eigenvalue weighted by molar-refractivity contribution is 6.29. The van der Waals surface area contributed by atoms with Crippen LogP contribution in [-0.2, 0) is 0 Å². The van der Waals surface area contributed by atoms with Crippen LogP contribution >= 0.6 is 11.6 Å². The third-order valence-electron chi connectivity index (χ3n) is 2.95. The molecule has 0 amide bonds. The molecule has 0 aliphatic rings. The van der Waals surface area contributed by atoms with Gasteiger partial charge < -0.3 is 5.11 Å². The van der Waals surface area contributed by atoms with Gasteiger partial charge in [0.2, 0.25) is 0 Å². The van der Waals surface area contributed by atoms with Crippen LogP contribution in [0, 0.1) is 0 Å². The highest BCUT2D eigenvalue weighted by Gasteiger charge is 2.16. The average molecular weight is 285 g/mol. The molecule has 20 heavy (non-hydrogen) atoms. The number of carbonyl (C=O) groups is 1. The summed E-state index contributed by atoms with van der Waals surface area (Å²) in [6, 6.07) is 11.9. The third-order valence-corrected chi connectivity index (χ3v) is 3.16. The van der Waals surface area contributed by atoms with Crippen molar-refractivity contribution in [2.24, 2.45) is 0 Å². The summed E-state index contributed by atoms with van der Waals surface area (Å²) >= 11 is 5.77. The molecule has 0 aliphatic carbocycles. The SMILES string of the molecule is O=C(c1ccccc1)c1cnc2nc(Cl)ccc2c1O. The van der Waals surface area contributed by atoms with Gasteiger partial charge in [-0.2, -0.15) is 0 Å². The highest BCUT2D eigenvalue weighted by Crippen LogP contribution is 2.28. The number of hydrogen-bond donors (Lipinski definition) is 1. The molecule has 0 saturated heterocycles. The van der Waals surface area contributed by atoms with Gasteiger partial charge in [0.05, 0.1) is 10.9 Å². The summed E-state index contributed by atoms with van der Waals surface area (Å²) < 4.78 is 0. The summed E-state index contributed by atoms with van der Waals surface area (Å²) in [6.07, 6.45) is 1.32. The van der Waals surface area contributed by atoms with E-state index in [0.29, 0.717) is 16.6 Å². The van der Waals surface area contributed by atoms with Gasteiger partial charge in [-0.15, -0.1) is 0 Å². The molecule has 0 atom stereocenters. The summed E-state index contributed by atoms with van der Waals surface area (Å²) in [5.41, 5.74) is 0.943. The molecular formula is C15H9ClN2O2. The first kappa shape index (κ1) is 12.6. The van der Waals surface area contributed by atoms with Crippen molar-refractivity contribution in [1.29, 1.82) is 0 Å². The van der Waals surface area contributed by atoms with Crippen molar-refractivity contribution in [1.82, 2.24) is 9.97 Å². The first-order valence-electron chi connectivity index (χ1n) is 5.91. The second kappa shape index (κ2) is 4.90. The molecule has 0 aliphatic heterocycles. The zero-order valence-corrected chi connectivity index (χ0v) is 11.0. The van der Waals surface area contributed by atoms with E-state index in [9.17, 15) is 9.90 Å². The van der Waals surface area contributed by atoms with Gasteiger partial charge in [-0.3, -0.25) is 4.79 Å². The number of benzene rings is 1. The number of pyridine rings is 2. The lowest BCUT2D eigenvalue weighted by molar-refractivity contribution is 0.103. The van der Waals surface area contributed by atoms with Crippen LogP contribution in [0.4, 0.5) is 0 Å². The van der Waals surface area contributed by atoms with E-state index in [4.69, 9.17) is 11.6 Å². The molecule has 0 radical (unpaired) electrons. The van der Waals surface area contributed by atoms with Crippen molar-refractivity contribution in [3.63, 3.8) is 0 Å². The van der Waals surface area contributed by atoms with Crippen molar-refractivity contribution < 1.29 is 9.90 Å². The van der Waals surface area contributed by atoms with Crippen LogP contribution in [0.2, 0.25) is 5.15 Å². The summed E-state index contributed by atoms with van der Waals surface area (Å²) in [5.74, 6) is -0.416. The number of ketones is 1. The smallest absolute Gasteiger partial charge is 0.198 e. The van der Waals surface area contributed by atoms with E-state index in [1.54, 1.807) is 36.4 Å². The second-order valence-corrected chi connectivity index (χ2v) is 4.61. The number of rotatable bonds is 2. The lowest BCUT2D eigenvalue weighted by Crippen LogP contribution is -2.03. The van der Waals surface area contributed by atoms with Crippen molar-refractivity contribution in [2.75, 3.05) is 0 Å². The van der Waals surface area contributed by atoms with Gasteiger partial charge in [0.1, 0.15) is 10.9 Å². The van der Waals surface area contributed by atoms with Gasteiger partial charge in [-0.1, -0.05) is 41.9 Å². The molecule has 2 aromatic heterocycles. The van der Waals surface area contributed by atoms with Gasteiger partial charge in [-0.05, 0) is 12.1 Å². The predicted molar refractivity (Wildman–Crippen MR) is 76.1 cm³/mol. The van der Waals surface area contributed by atoms with Crippen LogP contribution in [0.1, 0.15) is 15.9 Å². The molecule has 98 valence electrons. The Morgan fingerprint density at radius 2 is 1.85 bits per heavy atom. The molecule has 0 unspecified atom stereocenters. The number of aromatic hydroxyl groups is 1. The van der Waals surface area contributed by atoms with E-state index in [2.05, 4.69) is 9.97 Å². The first-order chi connectivity index (χ1) is 9.66. The molecule has 2 heterocycles. The number of aromatic nitrogens is 2. The minimum absolute atomic E-state index is 0.131. The fourth-order valence-electron chi connectivity index (χ4n) is 1.95. The fraction of sp³-hybridized carbons (Fsp3) is 0. The molecule has 0 fully saturated rings. The Morgan fingerprint density at radius 1 is 1.10 bits per heavy atom. The molecule has 5 heteroatoms. The van der Waals surface area contributed by atoms with Gasteiger partial charge >= 0.3 is 0 Å². The zero-order chi connectivity index (χ0) is 14.1. The van der Waals surface area contributed by atoms with Crippen molar-refractivity contribution in [3.8, 4) is 5.75 Å². The van der Waals surface area contributed by atoms with Crippen molar-refractivity contribution >= 4 is 28.4 Å². The van der Waals surface area contributed by atoms with Crippen LogP contribution < -0.4 is 0 Å². The zero-order valence-electron chi connectivity index (χ0n) is 10.2. The average Bonchev–Trinajstić information content (AvgIpc) is 2.48. The molecule has 1 aromatic carbocycles. The van der Waals surface area contributed by atoms with Crippen LogP contribution in [0.25, 0.3) is 11.0 Å². The molecular weight excluding hydrogens is 276 g/mol. The normalized spacial score (nSPS) is 10.7. The van der Waals surface area contributed by atoms with Gasteiger partial charge in [0, 0.05) is 11.8 Å². The molecule has 0 bridgehead atoms. The summed E-state index contributed by atoms with van der Waals surface area (Å²) in [7, 11) is 0. The molecule has 0 spiro atoms. The summed E-state index contributed by atoms with van der Waals surface area (Å²) in [6.45, 7) is 0.